The Morgan fingerprint density at radius 2 is 1.85 bits per heavy atom. The summed E-state index contributed by atoms with van der Waals surface area (Å²) in [4.78, 5) is 13.8. The van der Waals surface area contributed by atoms with E-state index in [2.05, 4.69) is 0 Å². The Kier molecular flexibility index (Phi) is 3.98. The van der Waals surface area contributed by atoms with Crippen LogP contribution in [-0.4, -0.2) is 54.8 Å². The topological polar surface area (TPSA) is 104 Å². The molecule has 0 atom stereocenters. The summed E-state index contributed by atoms with van der Waals surface area (Å²) in [6.45, 7) is 2.71. The van der Waals surface area contributed by atoms with Gasteiger partial charge in [-0.15, -0.1) is 0 Å². The molecule has 0 bridgehead atoms. The molecule has 110 valence electrons. The van der Waals surface area contributed by atoms with Crippen LogP contribution in [-0.2, 0) is 10.2 Å². The third-order valence-electron chi connectivity index (χ3n) is 3.33. The summed E-state index contributed by atoms with van der Waals surface area (Å²) in [5, 5.41) is 14.5. The number of phenols is 1. The Morgan fingerprint density at radius 3 is 2.35 bits per heavy atom. The molecule has 8 heteroatoms. The van der Waals surface area contributed by atoms with E-state index in [-0.39, 0.29) is 24.7 Å². The standard InChI is InChI=1S/C12H17N3O4S/c1-9-8-10(2-3-11(9)16)12(17)14-4-6-15(7-5-14)20(13,18)19/h2-3,8,16H,4-7H2,1H3,(H2,13,18,19). The molecule has 0 spiro atoms. The number of nitrogens with zero attached hydrogens (tertiary/aromatic N) is 2. The van der Waals surface area contributed by atoms with Crippen LogP contribution in [0, 0.1) is 6.92 Å². The monoisotopic (exact) mass is 299 g/mol. The van der Waals surface area contributed by atoms with E-state index in [0.29, 0.717) is 24.2 Å². The molecule has 0 aliphatic carbocycles. The molecule has 1 aromatic carbocycles. The van der Waals surface area contributed by atoms with Gasteiger partial charge in [-0.25, -0.2) is 5.14 Å². The number of hydrogen-bond donors (Lipinski definition) is 2. The van der Waals surface area contributed by atoms with Gasteiger partial charge in [-0.3, -0.25) is 4.79 Å². The highest BCUT2D eigenvalue weighted by Crippen LogP contribution is 2.18. The highest BCUT2D eigenvalue weighted by Gasteiger charge is 2.27. The van der Waals surface area contributed by atoms with Gasteiger partial charge in [0.15, 0.2) is 0 Å². The molecule has 1 fully saturated rings. The van der Waals surface area contributed by atoms with Crippen molar-refractivity contribution in [3.05, 3.63) is 29.3 Å². The zero-order chi connectivity index (χ0) is 14.9. The van der Waals surface area contributed by atoms with Gasteiger partial charge < -0.3 is 10.0 Å². The average molecular weight is 299 g/mol. The van der Waals surface area contributed by atoms with Gasteiger partial charge in [-0.1, -0.05) is 0 Å². The number of aryl methyl sites for hydroxylation is 1. The van der Waals surface area contributed by atoms with Crippen molar-refractivity contribution in [2.45, 2.75) is 6.92 Å². The SMILES string of the molecule is Cc1cc(C(=O)N2CCN(S(N)(=O)=O)CC2)ccc1O. The first-order chi connectivity index (χ1) is 9.29. The first kappa shape index (κ1) is 14.8. The predicted molar refractivity (Wildman–Crippen MR) is 73.4 cm³/mol. The zero-order valence-electron chi connectivity index (χ0n) is 11.1. The Bertz CT molecular complexity index is 622. The van der Waals surface area contributed by atoms with Gasteiger partial charge in [0.1, 0.15) is 5.75 Å². The Labute approximate surface area is 117 Å². The number of benzene rings is 1. The third kappa shape index (κ3) is 3.09. The molecule has 2 rings (SSSR count). The van der Waals surface area contributed by atoms with E-state index in [1.54, 1.807) is 24.0 Å². The number of hydrogen-bond acceptors (Lipinski definition) is 4. The summed E-state index contributed by atoms with van der Waals surface area (Å²) in [5.74, 6) is -0.0391. The molecule has 1 saturated heterocycles. The normalized spacial score (nSPS) is 17.2. The minimum absolute atomic E-state index is 0.139. The Hall–Kier alpha value is -1.64. The summed E-state index contributed by atoms with van der Waals surface area (Å²) in [7, 11) is -3.69. The highest BCUT2D eigenvalue weighted by atomic mass is 32.2. The second-order valence-corrected chi connectivity index (χ2v) is 6.28. The molecule has 3 N–H and O–H groups in total. The van der Waals surface area contributed by atoms with E-state index >= 15 is 0 Å². The fourth-order valence-corrected chi connectivity index (χ4v) is 2.79. The smallest absolute Gasteiger partial charge is 0.277 e. The number of aromatic hydroxyl groups is 1. The summed E-state index contributed by atoms with van der Waals surface area (Å²) in [5.41, 5.74) is 1.10. The Morgan fingerprint density at radius 1 is 1.25 bits per heavy atom. The lowest BCUT2D eigenvalue weighted by Crippen LogP contribution is -2.52. The number of phenolic OH excluding ortho intramolecular Hbond substituents is 1. The van der Waals surface area contributed by atoms with Crippen LogP contribution in [0.2, 0.25) is 0 Å². The molecule has 20 heavy (non-hydrogen) atoms. The van der Waals surface area contributed by atoms with Crippen LogP contribution < -0.4 is 5.14 Å². The Balaban J connectivity index is 2.07. The molecular weight excluding hydrogens is 282 g/mol. The van der Waals surface area contributed by atoms with Gasteiger partial charge >= 0.3 is 0 Å². The van der Waals surface area contributed by atoms with Gasteiger partial charge in [-0.2, -0.15) is 12.7 Å². The van der Waals surface area contributed by atoms with Crippen LogP contribution in [0.5, 0.6) is 5.75 Å². The van der Waals surface area contributed by atoms with Gasteiger partial charge in [0.2, 0.25) is 0 Å². The first-order valence-electron chi connectivity index (χ1n) is 6.16. The third-order valence-corrected chi connectivity index (χ3v) is 4.41. The van der Waals surface area contributed by atoms with E-state index in [9.17, 15) is 18.3 Å². The maximum absolute atomic E-state index is 12.3. The maximum Gasteiger partial charge on any atom is 0.277 e. The van der Waals surface area contributed by atoms with Crippen LogP contribution in [0.3, 0.4) is 0 Å². The van der Waals surface area contributed by atoms with Crippen molar-refractivity contribution < 1.29 is 18.3 Å². The first-order valence-corrected chi connectivity index (χ1v) is 7.66. The molecule has 0 unspecified atom stereocenters. The summed E-state index contributed by atoms with van der Waals surface area (Å²) in [6.07, 6.45) is 0. The number of carbonyl (C=O) groups excluding carboxylic acids is 1. The average Bonchev–Trinajstić information content (AvgIpc) is 2.40. The fourth-order valence-electron chi connectivity index (χ4n) is 2.12. The van der Waals surface area contributed by atoms with E-state index < -0.39 is 10.2 Å². The minimum Gasteiger partial charge on any atom is -0.508 e. The fraction of sp³-hybridized carbons (Fsp3) is 0.417. The van der Waals surface area contributed by atoms with E-state index in [4.69, 9.17) is 5.14 Å². The van der Waals surface area contributed by atoms with Crippen molar-refractivity contribution in [1.82, 2.24) is 9.21 Å². The molecule has 0 radical (unpaired) electrons. The van der Waals surface area contributed by atoms with E-state index in [1.807, 2.05) is 0 Å². The van der Waals surface area contributed by atoms with E-state index in [1.165, 1.54) is 6.07 Å². The molecule has 7 nitrogen and oxygen atoms in total. The molecule has 1 heterocycles. The van der Waals surface area contributed by atoms with Crippen LogP contribution >= 0.6 is 0 Å². The highest BCUT2D eigenvalue weighted by molar-refractivity contribution is 7.86. The second kappa shape index (κ2) is 5.39. The van der Waals surface area contributed by atoms with Crippen molar-refractivity contribution >= 4 is 16.1 Å². The number of piperazine rings is 1. The van der Waals surface area contributed by atoms with Crippen molar-refractivity contribution in [2.75, 3.05) is 26.2 Å². The van der Waals surface area contributed by atoms with Gasteiger partial charge in [0.25, 0.3) is 16.1 Å². The van der Waals surface area contributed by atoms with Crippen molar-refractivity contribution in [1.29, 1.82) is 0 Å². The van der Waals surface area contributed by atoms with Crippen molar-refractivity contribution in [3.63, 3.8) is 0 Å². The lowest BCUT2D eigenvalue weighted by atomic mass is 10.1. The quantitative estimate of drug-likeness (QED) is 0.779. The number of amides is 1. The molecule has 1 amide bonds. The summed E-state index contributed by atoms with van der Waals surface area (Å²) < 4.78 is 23.5. The summed E-state index contributed by atoms with van der Waals surface area (Å²) >= 11 is 0. The lowest BCUT2D eigenvalue weighted by molar-refractivity contribution is 0.0697. The van der Waals surface area contributed by atoms with Gasteiger partial charge in [-0.05, 0) is 30.7 Å². The number of nitrogens with two attached hydrogens (primary N) is 1. The second-order valence-electron chi connectivity index (χ2n) is 4.74. The van der Waals surface area contributed by atoms with Crippen LogP contribution in [0.15, 0.2) is 18.2 Å². The van der Waals surface area contributed by atoms with Crippen molar-refractivity contribution in [3.8, 4) is 5.75 Å². The number of carbonyl (C=O) groups is 1. The van der Waals surface area contributed by atoms with Crippen LogP contribution in [0.1, 0.15) is 15.9 Å². The summed E-state index contributed by atoms with van der Waals surface area (Å²) in [6, 6.07) is 4.64. The largest absolute Gasteiger partial charge is 0.508 e. The van der Waals surface area contributed by atoms with Crippen LogP contribution in [0.25, 0.3) is 0 Å². The van der Waals surface area contributed by atoms with Crippen LogP contribution in [0.4, 0.5) is 0 Å². The van der Waals surface area contributed by atoms with Gasteiger partial charge in [0.05, 0.1) is 0 Å². The van der Waals surface area contributed by atoms with Crippen molar-refractivity contribution in [2.24, 2.45) is 5.14 Å². The molecule has 1 aromatic rings. The molecule has 0 aromatic heterocycles. The predicted octanol–water partition coefficient (Wildman–Crippen LogP) is -0.338. The van der Waals surface area contributed by atoms with Gasteiger partial charge in [0, 0.05) is 31.7 Å². The maximum atomic E-state index is 12.3. The minimum atomic E-state index is -3.69. The molecular formula is C12H17N3O4S. The molecule has 1 aliphatic rings. The number of rotatable bonds is 2. The molecule has 1 aliphatic heterocycles. The molecule has 0 saturated carbocycles. The van der Waals surface area contributed by atoms with E-state index in [0.717, 1.165) is 4.31 Å². The lowest BCUT2D eigenvalue weighted by Gasteiger charge is -2.33. The zero-order valence-corrected chi connectivity index (χ0v) is 11.9.